The third kappa shape index (κ3) is 3.54. The number of amides is 1. The van der Waals surface area contributed by atoms with Crippen LogP contribution in [0.1, 0.15) is 34.9 Å². The van der Waals surface area contributed by atoms with E-state index in [0.29, 0.717) is 6.42 Å². The van der Waals surface area contributed by atoms with Crippen molar-refractivity contribution in [1.29, 1.82) is 0 Å². The van der Waals surface area contributed by atoms with Crippen molar-refractivity contribution in [2.75, 3.05) is 19.6 Å². The van der Waals surface area contributed by atoms with Gasteiger partial charge in [0.1, 0.15) is 0 Å². The molecule has 0 spiro atoms. The second kappa shape index (κ2) is 5.65. The first kappa shape index (κ1) is 12.6. The highest BCUT2D eigenvalue weighted by atomic mass is 32.1. The largest absolute Gasteiger partial charge is 0.370 e. The van der Waals surface area contributed by atoms with Crippen molar-refractivity contribution in [2.45, 2.75) is 32.1 Å². The van der Waals surface area contributed by atoms with Gasteiger partial charge in [0.05, 0.1) is 0 Å². The highest BCUT2D eigenvalue weighted by molar-refractivity contribution is 7.12. The van der Waals surface area contributed by atoms with Gasteiger partial charge < -0.3 is 10.6 Å². The summed E-state index contributed by atoms with van der Waals surface area (Å²) in [6.45, 7) is 5.17. The highest BCUT2D eigenvalue weighted by Gasteiger charge is 2.21. The molecule has 1 aliphatic rings. The van der Waals surface area contributed by atoms with E-state index in [0.717, 1.165) is 25.6 Å². The van der Waals surface area contributed by atoms with Crippen molar-refractivity contribution >= 4 is 17.2 Å². The quantitative estimate of drug-likeness (QED) is 0.892. The van der Waals surface area contributed by atoms with E-state index < -0.39 is 0 Å². The van der Waals surface area contributed by atoms with Crippen LogP contribution in [0.2, 0.25) is 0 Å². The zero-order chi connectivity index (χ0) is 12.3. The lowest BCUT2D eigenvalue weighted by atomic mass is 9.95. The molecule has 4 heteroatoms. The summed E-state index contributed by atoms with van der Waals surface area (Å²) >= 11 is 1.92. The van der Waals surface area contributed by atoms with Crippen molar-refractivity contribution in [3.63, 3.8) is 0 Å². The van der Waals surface area contributed by atoms with Crippen LogP contribution in [0.3, 0.4) is 0 Å². The minimum Gasteiger partial charge on any atom is -0.370 e. The van der Waals surface area contributed by atoms with E-state index in [1.807, 2.05) is 11.3 Å². The van der Waals surface area contributed by atoms with Crippen LogP contribution < -0.4 is 5.73 Å². The predicted octanol–water partition coefficient (Wildman–Crippen LogP) is 2.11. The maximum absolute atomic E-state index is 10.7. The number of nitrogens with zero attached hydrogens (tertiary/aromatic N) is 1. The number of likely N-dealkylation sites (tertiary alicyclic amines) is 1. The Labute approximate surface area is 107 Å². The van der Waals surface area contributed by atoms with E-state index in [-0.39, 0.29) is 5.91 Å². The van der Waals surface area contributed by atoms with Gasteiger partial charge in [0.2, 0.25) is 5.91 Å². The van der Waals surface area contributed by atoms with Gasteiger partial charge in [-0.2, -0.15) is 0 Å². The molecule has 1 amide bonds. The smallest absolute Gasteiger partial charge is 0.218 e. The van der Waals surface area contributed by atoms with Crippen LogP contribution in [0.15, 0.2) is 12.1 Å². The van der Waals surface area contributed by atoms with E-state index in [1.165, 1.54) is 22.6 Å². The molecular formula is C13H20N2OS. The first-order valence-corrected chi connectivity index (χ1v) is 7.04. The topological polar surface area (TPSA) is 46.3 Å². The maximum Gasteiger partial charge on any atom is 0.218 e. The molecule has 0 radical (unpaired) electrons. The minimum absolute atomic E-state index is 0.194. The Morgan fingerprint density at radius 1 is 1.47 bits per heavy atom. The number of piperidine rings is 1. The zero-order valence-corrected chi connectivity index (χ0v) is 11.1. The molecule has 17 heavy (non-hydrogen) atoms. The van der Waals surface area contributed by atoms with E-state index in [2.05, 4.69) is 24.0 Å². The van der Waals surface area contributed by atoms with Crippen molar-refractivity contribution in [3.8, 4) is 0 Å². The number of aryl methyl sites for hydroxylation is 1. The van der Waals surface area contributed by atoms with Crippen molar-refractivity contribution in [2.24, 2.45) is 5.73 Å². The summed E-state index contributed by atoms with van der Waals surface area (Å²) in [7, 11) is 0. The van der Waals surface area contributed by atoms with Gasteiger partial charge in [-0.1, -0.05) is 0 Å². The molecule has 3 nitrogen and oxygen atoms in total. The normalized spacial score (nSPS) is 18.4. The van der Waals surface area contributed by atoms with Crippen molar-refractivity contribution in [1.82, 2.24) is 4.90 Å². The van der Waals surface area contributed by atoms with Gasteiger partial charge in [-0.05, 0) is 50.9 Å². The molecule has 0 unspecified atom stereocenters. The molecule has 0 aliphatic carbocycles. The number of nitrogens with two attached hydrogens (primary N) is 1. The SMILES string of the molecule is Cc1ccc(C2CCN(CCC(N)=O)CC2)s1. The Balaban J connectivity index is 1.80. The van der Waals surface area contributed by atoms with Gasteiger partial charge >= 0.3 is 0 Å². The second-order valence-corrected chi connectivity index (χ2v) is 6.10. The molecular weight excluding hydrogens is 232 g/mol. The van der Waals surface area contributed by atoms with Crippen LogP contribution in [-0.4, -0.2) is 30.4 Å². The van der Waals surface area contributed by atoms with Crippen LogP contribution in [0.25, 0.3) is 0 Å². The number of rotatable bonds is 4. The lowest BCUT2D eigenvalue weighted by Gasteiger charge is -2.31. The predicted molar refractivity (Wildman–Crippen MR) is 71.3 cm³/mol. The molecule has 1 saturated heterocycles. The average molecular weight is 252 g/mol. The Morgan fingerprint density at radius 2 is 2.18 bits per heavy atom. The number of carbonyl (C=O) groups is 1. The summed E-state index contributed by atoms with van der Waals surface area (Å²) < 4.78 is 0. The first-order valence-electron chi connectivity index (χ1n) is 6.22. The molecule has 1 fully saturated rings. The second-order valence-electron chi connectivity index (χ2n) is 4.78. The fraction of sp³-hybridized carbons (Fsp3) is 0.615. The summed E-state index contributed by atoms with van der Waals surface area (Å²) in [6, 6.07) is 4.48. The van der Waals surface area contributed by atoms with Crippen LogP contribution >= 0.6 is 11.3 Å². The molecule has 1 aromatic rings. The van der Waals surface area contributed by atoms with Gasteiger partial charge in [-0.3, -0.25) is 4.79 Å². The molecule has 2 heterocycles. The fourth-order valence-corrected chi connectivity index (χ4v) is 3.43. The number of primary amides is 1. The third-order valence-electron chi connectivity index (χ3n) is 3.43. The van der Waals surface area contributed by atoms with Gasteiger partial charge in [0.15, 0.2) is 0 Å². The van der Waals surface area contributed by atoms with Crippen molar-refractivity contribution in [3.05, 3.63) is 21.9 Å². The fourth-order valence-electron chi connectivity index (χ4n) is 2.38. The number of hydrogen-bond donors (Lipinski definition) is 1. The Kier molecular flexibility index (Phi) is 4.18. The van der Waals surface area contributed by atoms with Crippen LogP contribution in [0, 0.1) is 6.92 Å². The average Bonchev–Trinajstić information content (AvgIpc) is 2.74. The van der Waals surface area contributed by atoms with E-state index in [4.69, 9.17) is 5.73 Å². The Morgan fingerprint density at radius 3 is 2.71 bits per heavy atom. The molecule has 2 N–H and O–H groups in total. The van der Waals surface area contributed by atoms with Gasteiger partial charge in [-0.25, -0.2) is 0 Å². The summed E-state index contributed by atoms with van der Waals surface area (Å²) in [5, 5.41) is 0. The number of carbonyl (C=O) groups excluding carboxylic acids is 1. The van der Waals surface area contributed by atoms with Gasteiger partial charge in [-0.15, -0.1) is 11.3 Å². The molecule has 0 atom stereocenters. The van der Waals surface area contributed by atoms with E-state index in [1.54, 1.807) is 0 Å². The molecule has 1 aromatic heterocycles. The summed E-state index contributed by atoms with van der Waals surface area (Å²) in [5.41, 5.74) is 5.17. The molecule has 1 aliphatic heterocycles. The molecule has 0 saturated carbocycles. The van der Waals surface area contributed by atoms with Gasteiger partial charge in [0.25, 0.3) is 0 Å². The lowest BCUT2D eigenvalue weighted by Crippen LogP contribution is -2.35. The van der Waals surface area contributed by atoms with Crippen LogP contribution in [0.5, 0.6) is 0 Å². The minimum atomic E-state index is -0.194. The zero-order valence-electron chi connectivity index (χ0n) is 10.3. The number of hydrogen-bond acceptors (Lipinski definition) is 3. The number of thiophene rings is 1. The molecule has 2 rings (SSSR count). The third-order valence-corrected chi connectivity index (χ3v) is 4.59. The maximum atomic E-state index is 10.7. The standard InChI is InChI=1S/C13H20N2OS/c1-10-2-3-12(17-10)11-4-7-15(8-5-11)9-6-13(14)16/h2-3,11H,4-9H2,1H3,(H2,14,16). The lowest BCUT2D eigenvalue weighted by molar-refractivity contribution is -0.118. The summed E-state index contributed by atoms with van der Waals surface area (Å²) in [4.78, 5) is 16.0. The highest BCUT2D eigenvalue weighted by Crippen LogP contribution is 2.32. The molecule has 94 valence electrons. The van der Waals surface area contributed by atoms with Crippen LogP contribution in [0.4, 0.5) is 0 Å². The first-order chi connectivity index (χ1) is 8.15. The van der Waals surface area contributed by atoms with Crippen LogP contribution in [-0.2, 0) is 4.79 Å². The Hall–Kier alpha value is -0.870. The summed E-state index contributed by atoms with van der Waals surface area (Å²) in [6.07, 6.45) is 2.90. The van der Waals surface area contributed by atoms with Gasteiger partial charge in [0, 0.05) is 22.7 Å². The van der Waals surface area contributed by atoms with Crippen molar-refractivity contribution < 1.29 is 4.79 Å². The molecule has 0 bridgehead atoms. The Bertz CT molecular complexity index is 381. The summed E-state index contributed by atoms with van der Waals surface area (Å²) in [5.74, 6) is 0.527. The van der Waals surface area contributed by atoms with E-state index in [9.17, 15) is 4.79 Å². The van der Waals surface area contributed by atoms with E-state index >= 15 is 0 Å². The monoisotopic (exact) mass is 252 g/mol. The molecule has 0 aromatic carbocycles.